The molecule has 4 nitrogen and oxygen atoms in total. The molecule has 1 saturated carbocycles. The van der Waals surface area contributed by atoms with Crippen molar-refractivity contribution in [1.82, 2.24) is 4.57 Å². The summed E-state index contributed by atoms with van der Waals surface area (Å²) in [4.78, 5) is 22.9. The SMILES string of the molecule is O=C(Cn1cc(F)ccc1=O)OC1CCCC1. The smallest absolute Gasteiger partial charge is 0.326 e. The molecule has 0 aliphatic heterocycles. The van der Waals surface area contributed by atoms with Crippen molar-refractivity contribution < 1.29 is 13.9 Å². The number of rotatable bonds is 3. The Hall–Kier alpha value is -1.65. The Bertz CT molecular complexity index is 463. The van der Waals surface area contributed by atoms with Gasteiger partial charge in [-0.2, -0.15) is 0 Å². The van der Waals surface area contributed by atoms with Gasteiger partial charge in [0.25, 0.3) is 5.56 Å². The van der Waals surface area contributed by atoms with Gasteiger partial charge in [0.15, 0.2) is 0 Å². The summed E-state index contributed by atoms with van der Waals surface area (Å²) < 4.78 is 19.1. The van der Waals surface area contributed by atoms with Crippen LogP contribution in [0.3, 0.4) is 0 Å². The number of halogens is 1. The molecule has 0 spiro atoms. The zero-order valence-electron chi connectivity index (χ0n) is 9.39. The molecule has 0 atom stereocenters. The lowest BCUT2D eigenvalue weighted by Crippen LogP contribution is -2.26. The Kier molecular flexibility index (Phi) is 3.56. The van der Waals surface area contributed by atoms with Crippen LogP contribution in [0.4, 0.5) is 4.39 Å². The molecule has 0 saturated heterocycles. The number of pyridine rings is 1. The molecule has 0 N–H and O–H groups in total. The third kappa shape index (κ3) is 3.15. The van der Waals surface area contributed by atoms with Gasteiger partial charge in [0, 0.05) is 12.3 Å². The molecule has 0 amide bonds. The second-order valence-electron chi connectivity index (χ2n) is 4.21. The van der Waals surface area contributed by atoms with E-state index in [9.17, 15) is 14.0 Å². The monoisotopic (exact) mass is 239 g/mol. The number of nitrogens with zero attached hydrogens (tertiary/aromatic N) is 1. The van der Waals surface area contributed by atoms with Crippen LogP contribution >= 0.6 is 0 Å². The van der Waals surface area contributed by atoms with E-state index < -0.39 is 17.3 Å². The van der Waals surface area contributed by atoms with Crippen molar-refractivity contribution in [3.05, 3.63) is 34.5 Å². The number of ether oxygens (including phenoxy) is 1. The van der Waals surface area contributed by atoms with Gasteiger partial charge in [-0.05, 0) is 31.7 Å². The summed E-state index contributed by atoms with van der Waals surface area (Å²) in [7, 11) is 0. The first kappa shape index (κ1) is 11.8. The molecule has 1 aromatic rings. The van der Waals surface area contributed by atoms with Gasteiger partial charge in [0.05, 0.1) is 0 Å². The summed E-state index contributed by atoms with van der Waals surface area (Å²) in [5.41, 5.74) is -0.408. The summed E-state index contributed by atoms with van der Waals surface area (Å²) >= 11 is 0. The van der Waals surface area contributed by atoms with Gasteiger partial charge >= 0.3 is 5.97 Å². The van der Waals surface area contributed by atoms with Gasteiger partial charge in [0.2, 0.25) is 0 Å². The fourth-order valence-corrected chi connectivity index (χ4v) is 1.99. The number of hydrogen-bond acceptors (Lipinski definition) is 3. The molecule has 0 unspecified atom stereocenters. The second kappa shape index (κ2) is 5.12. The maximum atomic E-state index is 12.9. The van der Waals surface area contributed by atoms with Gasteiger partial charge in [-0.15, -0.1) is 0 Å². The highest BCUT2D eigenvalue weighted by Gasteiger charge is 2.19. The number of carbonyl (C=O) groups is 1. The standard InChI is InChI=1S/C12H14FNO3/c13-9-5-6-11(15)14(7-9)8-12(16)17-10-3-1-2-4-10/h5-7,10H,1-4,8H2. The minimum absolute atomic E-state index is 0.0354. The predicted octanol–water partition coefficient (Wildman–Crippen LogP) is 1.47. The Balaban J connectivity index is 1.97. The van der Waals surface area contributed by atoms with Crippen molar-refractivity contribution in [3.63, 3.8) is 0 Å². The highest BCUT2D eigenvalue weighted by molar-refractivity contribution is 5.69. The molecular weight excluding hydrogens is 225 g/mol. The van der Waals surface area contributed by atoms with E-state index in [0.29, 0.717) is 0 Å². The van der Waals surface area contributed by atoms with Crippen molar-refractivity contribution in [2.24, 2.45) is 0 Å². The highest BCUT2D eigenvalue weighted by atomic mass is 19.1. The summed E-state index contributed by atoms with van der Waals surface area (Å²) in [6, 6.07) is 2.17. The molecule has 2 rings (SSSR count). The largest absolute Gasteiger partial charge is 0.461 e. The highest BCUT2D eigenvalue weighted by Crippen LogP contribution is 2.20. The summed E-state index contributed by atoms with van der Waals surface area (Å²) in [5, 5.41) is 0. The zero-order chi connectivity index (χ0) is 12.3. The van der Waals surface area contributed by atoms with Gasteiger partial charge in [0.1, 0.15) is 18.5 Å². The molecule has 1 fully saturated rings. The first-order valence-corrected chi connectivity index (χ1v) is 5.70. The maximum Gasteiger partial charge on any atom is 0.326 e. The zero-order valence-corrected chi connectivity index (χ0v) is 9.39. The van der Waals surface area contributed by atoms with Gasteiger partial charge in [-0.3, -0.25) is 9.59 Å². The average molecular weight is 239 g/mol. The van der Waals surface area contributed by atoms with Crippen LogP contribution in [0.5, 0.6) is 0 Å². The molecule has 1 heterocycles. The first-order valence-electron chi connectivity index (χ1n) is 5.70. The van der Waals surface area contributed by atoms with Crippen LogP contribution in [0.1, 0.15) is 25.7 Å². The number of carbonyl (C=O) groups excluding carboxylic acids is 1. The Labute approximate surface area is 98.0 Å². The fraction of sp³-hybridized carbons (Fsp3) is 0.500. The van der Waals surface area contributed by atoms with Crippen molar-refractivity contribution in [3.8, 4) is 0 Å². The van der Waals surface area contributed by atoms with Crippen molar-refractivity contribution >= 4 is 5.97 Å². The maximum absolute atomic E-state index is 12.9. The lowest BCUT2D eigenvalue weighted by Gasteiger charge is -2.11. The van der Waals surface area contributed by atoms with Gasteiger partial charge in [-0.1, -0.05) is 0 Å². The van der Waals surface area contributed by atoms with Crippen LogP contribution in [0.2, 0.25) is 0 Å². The van der Waals surface area contributed by atoms with E-state index in [0.717, 1.165) is 48.6 Å². The van der Waals surface area contributed by atoms with Gasteiger partial charge in [-0.25, -0.2) is 4.39 Å². The molecular formula is C12H14FNO3. The number of aromatic nitrogens is 1. The summed E-state index contributed by atoms with van der Waals surface area (Å²) in [6.07, 6.45) is 4.87. The van der Waals surface area contributed by atoms with Crippen molar-refractivity contribution in [2.45, 2.75) is 38.3 Å². The van der Waals surface area contributed by atoms with Crippen LogP contribution in [0, 0.1) is 5.82 Å². The molecule has 92 valence electrons. The molecule has 5 heteroatoms. The quantitative estimate of drug-likeness (QED) is 0.750. The average Bonchev–Trinajstić information content (AvgIpc) is 2.76. The Morgan fingerprint density at radius 3 is 2.82 bits per heavy atom. The topological polar surface area (TPSA) is 48.3 Å². The fourth-order valence-electron chi connectivity index (χ4n) is 1.99. The molecule has 1 aliphatic rings. The minimum Gasteiger partial charge on any atom is -0.461 e. The van der Waals surface area contributed by atoms with E-state index >= 15 is 0 Å². The van der Waals surface area contributed by atoms with E-state index in [4.69, 9.17) is 4.74 Å². The van der Waals surface area contributed by atoms with Crippen LogP contribution < -0.4 is 5.56 Å². The first-order chi connectivity index (χ1) is 8.15. The third-order valence-electron chi connectivity index (χ3n) is 2.85. The predicted molar refractivity (Wildman–Crippen MR) is 59.0 cm³/mol. The third-order valence-corrected chi connectivity index (χ3v) is 2.85. The normalized spacial score (nSPS) is 16.1. The number of hydrogen-bond donors (Lipinski definition) is 0. The van der Waals surface area contributed by atoms with E-state index in [1.54, 1.807) is 0 Å². The Morgan fingerprint density at radius 1 is 1.41 bits per heavy atom. The van der Waals surface area contributed by atoms with Gasteiger partial charge < -0.3 is 9.30 Å². The molecule has 0 radical (unpaired) electrons. The second-order valence-corrected chi connectivity index (χ2v) is 4.21. The summed E-state index contributed by atoms with van der Waals surface area (Å²) in [5.74, 6) is -1.03. The molecule has 1 aromatic heterocycles. The molecule has 0 bridgehead atoms. The van der Waals surface area contributed by atoms with E-state index in [1.807, 2.05) is 0 Å². The summed E-state index contributed by atoms with van der Waals surface area (Å²) in [6.45, 7) is -0.229. The molecule has 0 aromatic carbocycles. The van der Waals surface area contributed by atoms with E-state index in [1.165, 1.54) is 0 Å². The van der Waals surface area contributed by atoms with Crippen LogP contribution in [0.15, 0.2) is 23.1 Å². The van der Waals surface area contributed by atoms with Crippen LogP contribution in [-0.2, 0) is 16.1 Å². The lowest BCUT2D eigenvalue weighted by atomic mass is 10.3. The van der Waals surface area contributed by atoms with E-state index in [-0.39, 0.29) is 12.6 Å². The van der Waals surface area contributed by atoms with Crippen LogP contribution in [-0.4, -0.2) is 16.6 Å². The van der Waals surface area contributed by atoms with Crippen molar-refractivity contribution in [1.29, 1.82) is 0 Å². The Morgan fingerprint density at radius 2 is 2.12 bits per heavy atom. The molecule has 17 heavy (non-hydrogen) atoms. The minimum atomic E-state index is -0.543. The van der Waals surface area contributed by atoms with Crippen LogP contribution in [0.25, 0.3) is 0 Å². The molecule has 1 aliphatic carbocycles. The van der Waals surface area contributed by atoms with Crippen molar-refractivity contribution in [2.75, 3.05) is 0 Å². The number of esters is 1. The lowest BCUT2D eigenvalue weighted by molar-refractivity contribution is -0.149. The van der Waals surface area contributed by atoms with E-state index in [2.05, 4.69) is 0 Å².